The largest absolute Gasteiger partial charge is 0.422 e. The highest BCUT2D eigenvalue weighted by atomic mass is 16.5. The molecule has 0 fully saturated rings. The second-order valence-corrected chi connectivity index (χ2v) is 5.35. The third-order valence-electron chi connectivity index (χ3n) is 3.81. The van der Waals surface area contributed by atoms with Gasteiger partial charge < -0.3 is 9.15 Å². The van der Waals surface area contributed by atoms with Gasteiger partial charge in [-0.05, 0) is 23.6 Å². The zero-order valence-electron chi connectivity index (χ0n) is 12.6. The van der Waals surface area contributed by atoms with Crippen LogP contribution in [-0.4, -0.2) is 5.97 Å². The van der Waals surface area contributed by atoms with Gasteiger partial charge in [-0.15, -0.1) is 0 Å². The summed E-state index contributed by atoms with van der Waals surface area (Å²) in [6.45, 7) is 0. The number of para-hydroxylation sites is 1. The first-order valence-electron chi connectivity index (χ1n) is 7.45. The van der Waals surface area contributed by atoms with E-state index >= 15 is 0 Å². The zero-order valence-corrected chi connectivity index (χ0v) is 12.6. The first kappa shape index (κ1) is 14.2. The van der Waals surface area contributed by atoms with Crippen LogP contribution in [0.15, 0.2) is 82.0 Å². The van der Waals surface area contributed by atoms with Crippen LogP contribution in [0.2, 0.25) is 0 Å². The van der Waals surface area contributed by atoms with Gasteiger partial charge in [0.1, 0.15) is 16.9 Å². The molecular weight excluding hydrogens is 304 g/mol. The minimum atomic E-state index is -0.731. The molecule has 4 aromatic rings. The van der Waals surface area contributed by atoms with E-state index in [1.54, 1.807) is 30.3 Å². The fraction of sp³-hybridized carbons (Fsp3) is 0. The van der Waals surface area contributed by atoms with Gasteiger partial charge in [-0.25, -0.2) is 9.59 Å². The van der Waals surface area contributed by atoms with Crippen molar-refractivity contribution >= 4 is 27.7 Å². The predicted octanol–water partition coefficient (Wildman–Crippen LogP) is 4.17. The Balaban J connectivity index is 1.76. The molecule has 0 aliphatic rings. The number of carbonyl (C=O) groups excluding carboxylic acids is 1. The molecule has 0 amide bonds. The van der Waals surface area contributed by atoms with Crippen LogP contribution in [0.25, 0.3) is 21.7 Å². The van der Waals surface area contributed by atoms with Crippen LogP contribution in [0.4, 0.5) is 0 Å². The number of ether oxygens (including phenoxy) is 1. The minimum absolute atomic E-state index is 0.123. The fourth-order valence-electron chi connectivity index (χ4n) is 2.64. The molecule has 4 nitrogen and oxygen atoms in total. The highest BCUT2D eigenvalue weighted by molar-refractivity contribution is 5.97. The Hall–Kier alpha value is -3.40. The molecule has 3 aromatic carbocycles. The second-order valence-electron chi connectivity index (χ2n) is 5.35. The molecule has 0 aliphatic heterocycles. The molecule has 1 heterocycles. The van der Waals surface area contributed by atoms with E-state index < -0.39 is 11.6 Å². The van der Waals surface area contributed by atoms with Gasteiger partial charge in [0.2, 0.25) is 0 Å². The lowest BCUT2D eigenvalue weighted by molar-refractivity contribution is 0.0733. The van der Waals surface area contributed by atoms with Crippen molar-refractivity contribution < 1.29 is 13.9 Å². The number of hydrogen-bond donors (Lipinski definition) is 0. The molecule has 0 spiro atoms. The van der Waals surface area contributed by atoms with E-state index in [2.05, 4.69) is 0 Å². The van der Waals surface area contributed by atoms with Crippen molar-refractivity contribution in [1.29, 1.82) is 0 Å². The number of hydrogen-bond acceptors (Lipinski definition) is 4. The van der Waals surface area contributed by atoms with Crippen LogP contribution in [-0.2, 0) is 0 Å². The molecule has 116 valence electrons. The monoisotopic (exact) mass is 316 g/mol. The smallest absolute Gasteiger partial charge is 0.351 e. The molecule has 24 heavy (non-hydrogen) atoms. The summed E-state index contributed by atoms with van der Waals surface area (Å²) in [7, 11) is 0. The summed E-state index contributed by atoms with van der Waals surface area (Å²) >= 11 is 0. The van der Waals surface area contributed by atoms with Crippen molar-refractivity contribution in [3.05, 3.63) is 88.8 Å². The molecule has 0 N–H and O–H groups in total. The maximum absolute atomic E-state index is 12.4. The topological polar surface area (TPSA) is 56.5 Å². The van der Waals surface area contributed by atoms with Gasteiger partial charge in [0, 0.05) is 10.8 Å². The SMILES string of the molecule is O=C(Oc1cccc2ccccc12)c1cc2ccccc2oc1=O. The van der Waals surface area contributed by atoms with E-state index in [0.29, 0.717) is 16.7 Å². The van der Waals surface area contributed by atoms with Gasteiger partial charge >= 0.3 is 11.6 Å². The van der Waals surface area contributed by atoms with E-state index in [0.717, 1.165) is 10.8 Å². The fourth-order valence-corrected chi connectivity index (χ4v) is 2.64. The lowest BCUT2D eigenvalue weighted by Crippen LogP contribution is -2.18. The minimum Gasteiger partial charge on any atom is -0.422 e. The summed E-state index contributed by atoms with van der Waals surface area (Å²) in [5.41, 5.74) is -0.398. The number of benzene rings is 3. The van der Waals surface area contributed by atoms with E-state index in [1.165, 1.54) is 6.07 Å². The molecule has 1 aromatic heterocycles. The Morgan fingerprint density at radius 2 is 1.54 bits per heavy atom. The van der Waals surface area contributed by atoms with Crippen molar-refractivity contribution in [2.75, 3.05) is 0 Å². The van der Waals surface area contributed by atoms with Gasteiger partial charge in [-0.3, -0.25) is 0 Å². The van der Waals surface area contributed by atoms with Crippen molar-refractivity contribution in [2.24, 2.45) is 0 Å². The molecule has 0 saturated carbocycles. The quantitative estimate of drug-likeness (QED) is 0.316. The number of carbonyl (C=O) groups is 1. The van der Waals surface area contributed by atoms with E-state index in [4.69, 9.17) is 9.15 Å². The van der Waals surface area contributed by atoms with Crippen LogP contribution in [0.3, 0.4) is 0 Å². The third-order valence-corrected chi connectivity index (χ3v) is 3.81. The molecule has 4 heteroatoms. The Labute approximate surface area is 136 Å². The van der Waals surface area contributed by atoms with Crippen molar-refractivity contribution in [3.63, 3.8) is 0 Å². The van der Waals surface area contributed by atoms with Crippen molar-refractivity contribution in [2.45, 2.75) is 0 Å². The molecule has 0 aliphatic carbocycles. The van der Waals surface area contributed by atoms with Crippen LogP contribution in [0.1, 0.15) is 10.4 Å². The second kappa shape index (κ2) is 5.66. The first-order valence-corrected chi connectivity index (χ1v) is 7.45. The number of rotatable bonds is 2. The van der Waals surface area contributed by atoms with Crippen LogP contribution in [0.5, 0.6) is 5.75 Å². The van der Waals surface area contributed by atoms with Crippen LogP contribution < -0.4 is 10.4 Å². The summed E-state index contributed by atoms with van der Waals surface area (Å²) in [5, 5.41) is 2.42. The molecular formula is C20H12O4. The maximum atomic E-state index is 12.4. The Morgan fingerprint density at radius 3 is 2.42 bits per heavy atom. The van der Waals surface area contributed by atoms with Gasteiger partial charge in [0.05, 0.1) is 0 Å². The average molecular weight is 316 g/mol. The molecule has 0 atom stereocenters. The normalized spacial score (nSPS) is 10.8. The summed E-state index contributed by atoms with van der Waals surface area (Å²) in [5.74, 6) is -0.323. The van der Waals surface area contributed by atoms with Crippen LogP contribution >= 0.6 is 0 Å². The molecule has 4 rings (SSSR count). The molecule has 0 saturated heterocycles. The van der Waals surface area contributed by atoms with Crippen LogP contribution in [0, 0.1) is 0 Å². The summed E-state index contributed by atoms with van der Waals surface area (Å²) in [6.07, 6.45) is 0. The number of esters is 1. The summed E-state index contributed by atoms with van der Waals surface area (Å²) in [6, 6.07) is 21.5. The van der Waals surface area contributed by atoms with Gasteiger partial charge in [0.15, 0.2) is 0 Å². The molecule has 0 unspecified atom stereocenters. The zero-order chi connectivity index (χ0) is 16.5. The van der Waals surface area contributed by atoms with Crippen molar-refractivity contribution in [1.82, 2.24) is 0 Å². The van der Waals surface area contributed by atoms with Gasteiger partial charge in [-0.1, -0.05) is 54.6 Å². The molecule has 0 bridgehead atoms. The lowest BCUT2D eigenvalue weighted by Gasteiger charge is -2.07. The highest BCUT2D eigenvalue weighted by Crippen LogP contribution is 2.26. The van der Waals surface area contributed by atoms with E-state index in [9.17, 15) is 9.59 Å². The lowest BCUT2D eigenvalue weighted by atomic mass is 10.1. The standard InChI is InChI=1S/C20H12O4/c21-19-16(12-14-7-2-4-10-17(14)23-19)20(22)24-18-11-5-8-13-6-1-3-9-15(13)18/h1-12H. The Kier molecular flexibility index (Phi) is 3.35. The van der Waals surface area contributed by atoms with Gasteiger partial charge in [0.25, 0.3) is 0 Å². The summed E-state index contributed by atoms with van der Waals surface area (Å²) < 4.78 is 10.6. The summed E-state index contributed by atoms with van der Waals surface area (Å²) in [4.78, 5) is 24.5. The van der Waals surface area contributed by atoms with E-state index in [1.807, 2.05) is 36.4 Å². The number of fused-ring (bicyclic) bond motifs is 2. The predicted molar refractivity (Wildman–Crippen MR) is 91.4 cm³/mol. The third kappa shape index (κ3) is 2.44. The highest BCUT2D eigenvalue weighted by Gasteiger charge is 2.17. The first-order chi connectivity index (χ1) is 11.7. The maximum Gasteiger partial charge on any atom is 0.351 e. The van der Waals surface area contributed by atoms with Crippen molar-refractivity contribution in [3.8, 4) is 5.75 Å². The molecule has 0 radical (unpaired) electrons. The van der Waals surface area contributed by atoms with Gasteiger partial charge in [-0.2, -0.15) is 0 Å². The Morgan fingerprint density at radius 1 is 0.833 bits per heavy atom. The Bertz CT molecular complexity index is 1120. The average Bonchev–Trinajstić information content (AvgIpc) is 2.61. The van der Waals surface area contributed by atoms with E-state index in [-0.39, 0.29) is 5.56 Å².